The summed E-state index contributed by atoms with van der Waals surface area (Å²) < 4.78 is 13.2. The van der Waals surface area contributed by atoms with Crippen LogP contribution < -0.4 is 11.1 Å². The number of hydrogen-bond donors (Lipinski definition) is 2. The van der Waals surface area contributed by atoms with Crippen molar-refractivity contribution >= 4 is 18.3 Å². The third-order valence-corrected chi connectivity index (χ3v) is 1.77. The fourth-order valence-electron chi connectivity index (χ4n) is 1.08. The first-order chi connectivity index (χ1) is 4.65. The van der Waals surface area contributed by atoms with E-state index in [1.165, 1.54) is 0 Å². The van der Waals surface area contributed by atoms with Gasteiger partial charge in [0.2, 0.25) is 5.67 Å². The van der Waals surface area contributed by atoms with Gasteiger partial charge in [0.05, 0.1) is 0 Å². The zero-order chi connectivity index (χ0) is 7.61. The Morgan fingerprint density at radius 1 is 1.64 bits per heavy atom. The second-order valence-electron chi connectivity index (χ2n) is 2.61. The van der Waals surface area contributed by atoms with Gasteiger partial charge in [0, 0.05) is 6.54 Å². The molecule has 1 rings (SSSR count). The maximum Gasteiger partial charge on any atom is 0.256 e. The highest BCUT2D eigenvalue weighted by atomic mass is 35.5. The van der Waals surface area contributed by atoms with Crippen LogP contribution in [0.4, 0.5) is 4.39 Å². The van der Waals surface area contributed by atoms with Gasteiger partial charge in [0.1, 0.15) is 0 Å². The highest BCUT2D eigenvalue weighted by molar-refractivity contribution is 5.85. The number of amides is 1. The molecular formula is C6H12ClFN2O. The van der Waals surface area contributed by atoms with E-state index in [-0.39, 0.29) is 25.4 Å². The largest absolute Gasteiger partial charge is 0.367 e. The zero-order valence-electron chi connectivity index (χ0n) is 6.10. The Hall–Kier alpha value is -0.350. The van der Waals surface area contributed by atoms with E-state index in [1.54, 1.807) is 0 Å². The lowest BCUT2D eigenvalue weighted by atomic mass is 9.96. The van der Waals surface area contributed by atoms with Gasteiger partial charge in [-0.3, -0.25) is 4.79 Å². The lowest BCUT2D eigenvalue weighted by Gasteiger charge is -2.26. The fourth-order valence-corrected chi connectivity index (χ4v) is 1.08. The Kier molecular flexibility index (Phi) is 3.75. The van der Waals surface area contributed by atoms with E-state index in [0.717, 1.165) is 6.54 Å². The molecule has 1 atom stereocenters. The van der Waals surface area contributed by atoms with E-state index >= 15 is 0 Å². The smallest absolute Gasteiger partial charge is 0.256 e. The van der Waals surface area contributed by atoms with E-state index in [0.29, 0.717) is 6.42 Å². The number of carbonyl (C=O) groups is 1. The molecule has 0 aromatic heterocycles. The van der Waals surface area contributed by atoms with Gasteiger partial charge in [0.25, 0.3) is 5.91 Å². The highest BCUT2D eigenvalue weighted by Gasteiger charge is 2.37. The van der Waals surface area contributed by atoms with Crippen molar-refractivity contribution in [2.45, 2.75) is 18.5 Å². The summed E-state index contributed by atoms with van der Waals surface area (Å²) in [5.74, 6) is -0.847. The van der Waals surface area contributed by atoms with Crippen LogP contribution in [0.2, 0.25) is 0 Å². The van der Waals surface area contributed by atoms with Gasteiger partial charge in [-0.1, -0.05) is 0 Å². The summed E-state index contributed by atoms with van der Waals surface area (Å²) in [6, 6.07) is 0. The average molecular weight is 183 g/mol. The number of rotatable bonds is 1. The van der Waals surface area contributed by atoms with Gasteiger partial charge in [-0.25, -0.2) is 4.39 Å². The van der Waals surface area contributed by atoms with Crippen LogP contribution in [0.5, 0.6) is 0 Å². The number of piperidine rings is 1. The summed E-state index contributed by atoms with van der Waals surface area (Å²) in [4.78, 5) is 10.5. The minimum atomic E-state index is -1.79. The van der Waals surface area contributed by atoms with Gasteiger partial charge in [-0.2, -0.15) is 0 Å². The molecule has 1 amide bonds. The van der Waals surface area contributed by atoms with Crippen molar-refractivity contribution < 1.29 is 9.18 Å². The molecule has 1 aliphatic heterocycles. The number of nitrogens with one attached hydrogen (secondary N) is 1. The van der Waals surface area contributed by atoms with Gasteiger partial charge in [-0.15, -0.1) is 12.4 Å². The SMILES string of the molecule is Cl.NC(=O)C1(F)CCCNC1. The maximum atomic E-state index is 13.2. The molecule has 3 N–H and O–H groups in total. The molecule has 66 valence electrons. The first kappa shape index (κ1) is 10.7. The monoisotopic (exact) mass is 182 g/mol. The van der Waals surface area contributed by atoms with Crippen LogP contribution >= 0.6 is 12.4 Å². The topological polar surface area (TPSA) is 55.1 Å². The normalized spacial score (nSPS) is 30.6. The Morgan fingerprint density at radius 3 is 2.55 bits per heavy atom. The molecule has 0 spiro atoms. The summed E-state index contributed by atoms with van der Waals surface area (Å²) >= 11 is 0. The van der Waals surface area contributed by atoms with Gasteiger partial charge < -0.3 is 11.1 Å². The molecule has 1 saturated heterocycles. The zero-order valence-corrected chi connectivity index (χ0v) is 6.92. The summed E-state index contributed by atoms with van der Waals surface area (Å²) in [6.45, 7) is 0.848. The summed E-state index contributed by atoms with van der Waals surface area (Å²) in [6.07, 6.45) is 0.939. The third kappa shape index (κ3) is 2.31. The van der Waals surface area contributed by atoms with E-state index in [1.807, 2.05) is 0 Å². The summed E-state index contributed by atoms with van der Waals surface area (Å²) in [5.41, 5.74) is 3.05. The molecule has 0 saturated carbocycles. The van der Waals surface area contributed by atoms with E-state index in [4.69, 9.17) is 5.73 Å². The number of alkyl halides is 1. The molecule has 1 unspecified atom stereocenters. The predicted molar refractivity (Wildman–Crippen MR) is 42.4 cm³/mol. The third-order valence-electron chi connectivity index (χ3n) is 1.77. The minimum absolute atomic E-state index is 0. The standard InChI is InChI=1S/C6H11FN2O.ClH/c7-6(5(8)10)2-1-3-9-4-6;/h9H,1-4H2,(H2,8,10);1H. The Balaban J connectivity index is 0.000001000. The molecule has 0 aliphatic carbocycles. The van der Waals surface area contributed by atoms with E-state index in [9.17, 15) is 9.18 Å². The quantitative estimate of drug-likeness (QED) is 0.599. The lowest BCUT2D eigenvalue weighted by Crippen LogP contribution is -2.51. The van der Waals surface area contributed by atoms with Crippen LogP contribution in [0.1, 0.15) is 12.8 Å². The van der Waals surface area contributed by atoms with Gasteiger partial charge >= 0.3 is 0 Å². The van der Waals surface area contributed by atoms with E-state index < -0.39 is 11.6 Å². The van der Waals surface area contributed by atoms with Gasteiger partial charge in [0.15, 0.2) is 0 Å². The lowest BCUT2D eigenvalue weighted by molar-refractivity contribution is -0.130. The van der Waals surface area contributed by atoms with Crippen LogP contribution in [0.3, 0.4) is 0 Å². The molecule has 3 nitrogen and oxygen atoms in total. The molecule has 11 heavy (non-hydrogen) atoms. The number of carbonyl (C=O) groups excluding carboxylic acids is 1. The minimum Gasteiger partial charge on any atom is -0.367 e. The molecule has 1 aliphatic rings. The van der Waals surface area contributed by atoms with Crippen molar-refractivity contribution in [3.63, 3.8) is 0 Å². The second-order valence-corrected chi connectivity index (χ2v) is 2.61. The number of hydrogen-bond acceptors (Lipinski definition) is 2. The van der Waals surface area contributed by atoms with Crippen molar-refractivity contribution in [2.75, 3.05) is 13.1 Å². The molecule has 0 aromatic carbocycles. The second kappa shape index (κ2) is 3.88. The van der Waals surface area contributed by atoms with Crippen molar-refractivity contribution in [3.8, 4) is 0 Å². The molecule has 0 aromatic rings. The van der Waals surface area contributed by atoms with Crippen molar-refractivity contribution in [1.82, 2.24) is 5.32 Å². The van der Waals surface area contributed by atoms with Crippen LogP contribution in [0.15, 0.2) is 0 Å². The van der Waals surface area contributed by atoms with Crippen molar-refractivity contribution in [1.29, 1.82) is 0 Å². The highest BCUT2D eigenvalue weighted by Crippen LogP contribution is 2.19. The van der Waals surface area contributed by atoms with Crippen LogP contribution in [0, 0.1) is 0 Å². The first-order valence-corrected chi connectivity index (χ1v) is 3.35. The summed E-state index contributed by atoms with van der Waals surface area (Å²) in [7, 11) is 0. The van der Waals surface area contributed by atoms with E-state index in [2.05, 4.69) is 5.32 Å². The Bertz CT molecular complexity index is 148. The first-order valence-electron chi connectivity index (χ1n) is 3.35. The predicted octanol–water partition coefficient (Wildman–Crippen LogP) is -0.0148. The molecule has 0 radical (unpaired) electrons. The fraction of sp³-hybridized carbons (Fsp3) is 0.833. The van der Waals surface area contributed by atoms with Gasteiger partial charge in [-0.05, 0) is 19.4 Å². The van der Waals surface area contributed by atoms with Crippen molar-refractivity contribution in [2.24, 2.45) is 5.73 Å². The maximum absolute atomic E-state index is 13.2. The Labute approximate surface area is 70.9 Å². The van der Waals surface area contributed by atoms with Crippen LogP contribution in [0.25, 0.3) is 0 Å². The molecule has 1 fully saturated rings. The number of primary amides is 1. The number of halogens is 2. The molecule has 5 heteroatoms. The van der Waals surface area contributed by atoms with Crippen LogP contribution in [-0.4, -0.2) is 24.7 Å². The van der Waals surface area contributed by atoms with Crippen LogP contribution in [-0.2, 0) is 4.79 Å². The Morgan fingerprint density at radius 2 is 2.27 bits per heavy atom. The molecule has 1 heterocycles. The molecular weight excluding hydrogens is 171 g/mol. The number of nitrogens with two attached hydrogens (primary N) is 1. The van der Waals surface area contributed by atoms with Crippen molar-refractivity contribution in [3.05, 3.63) is 0 Å². The summed E-state index contributed by atoms with van der Waals surface area (Å²) in [5, 5.41) is 2.78. The molecule has 0 bridgehead atoms. The average Bonchev–Trinajstić information content (AvgIpc) is 1.89.